The Morgan fingerprint density at radius 2 is 2.31 bits per heavy atom. The standard InChI is InChI=1S/C11H9BrO4/c1-15-11(14)9-4-6-2-3-7(12)5-8(6)10(13)16-9/h2-3,5,9H,4H2,1H3/t9-/m1/s1. The summed E-state index contributed by atoms with van der Waals surface area (Å²) in [6.45, 7) is 0. The van der Waals surface area contributed by atoms with Gasteiger partial charge in [0.05, 0.1) is 12.7 Å². The van der Waals surface area contributed by atoms with E-state index in [4.69, 9.17) is 4.74 Å². The molecule has 4 nitrogen and oxygen atoms in total. The highest BCUT2D eigenvalue weighted by molar-refractivity contribution is 9.10. The Morgan fingerprint density at radius 1 is 1.56 bits per heavy atom. The molecule has 0 aromatic heterocycles. The lowest BCUT2D eigenvalue weighted by Crippen LogP contribution is -2.35. The van der Waals surface area contributed by atoms with Gasteiger partial charge in [-0.05, 0) is 17.7 Å². The Balaban J connectivity index is 2.33. The molecular weight excluding hydrogens is 276 g/mol. The van der Waals surface area contributed by atoms with Crippen molar-refractivity contribution in [2.45, 2.75) is 12.5 Å². The minimum atomic E-state index is -0.828. The molecule has 1 aromatic carbocycles. The maximum absolute atomic E-state index is 11.6. The number of halogens is 1. The zero-order chi connectivity index (χ0) is 11.7. The molecule has 1 atom stereocenters. The zero-order valence-electron chi connectivity index (χ0n) is 8.53. The van der Waals surface area contributed by atoms with Gasteiger partial charge in [0, 0.05) is 10.9 Å². The number of methoxy groups -OCH3 is 1. The van der Waals surface area contributed by atoms with Crippen molar-refractivity contribution in [1.82, 2.24) is 0 Å². The van der Waals surface area contributed by atoms with Crippen LogP contribution in [0.2, 0.25) is 0 Å². The molecule has 0 N–H and O–H groups in total. The van der Waals surface area contributed by atoms with Crippen LogP contribution in [0.25, 0.3) is 0 Å². The topological polar surface area (TPSA) is 52.6 Å². The second-order valence-electron chi connectivity index (χ2n) is 3.42. The number of cyclic esters (lactones) is 1. The molecule has 0 radical (unpaired) electrons. The number of hydrogen-bond acceptors (Lipinski definition) is 4. The minimum absolute atomic E-state index is 0.362. The first kappa shape index (κ1) is 11.1. The third-order valence-corrected chi connectivity index (χ3v) is 2.90. The fraction of sp³-hybridized carbons (Fsp3) is 0.273. The molecule has 2 rings (SSSR count). The molecule has 0 saturated carbocycles. The van der Waals surface area contributed by atoms with E-state index in [2.05, 4.69) is 20.7 Å². The Labute approximate surface area is 101 Å². The van der Waals surface area contributed by atoms with Crippen LogP contribution >= 0.6 is 15.9 Å². The van der Waals surface area contributed by atoms with Crippen LogP contribution in [0.15, 0.2) is 22.7 Å². The molecular formula is C11H9BrO4. The molecule has 0 bridgehead atoms. The number of esters is 2. The first-order valence-corrected chi connectivity index (χ1v) is 5.48. The van der Waals surface area contributed by atoms with E-state index in [1.54, 1.807) is 12.1 Å². The molecule has 0 saturated heterocycles. The molecule has 0 aliphatic carbocycles. The largest absolute Gasteiger partial charge is 0.466 e. The van der Waals surface area contributed by atoms with Crippen molar-refractivity contribution in [2.24, 2.45) is 0 Å². The van der Waals surface area contributed by atoms with Gasteiger partial charge in [0.15, 0.2) is 0 Å². The highest BCUT2D eigenvalue weighted by Gasteiger charge is 2.31. The molecule has 0 amide bonds. The summed E-state index contributed by atoms with van der Waals surface area (Å²) in [5.74, 6) is -1.01. The van der Waals surface area contributed by atoms with E-state index in [1.165, 1.54) is 7.11 Å². The van der Waals surface area contributed by atoms with E-state index in [0.29, 0.717) is 12.0 Å². The van der Waals surface area contributed by atoms with Crippen LogP contribution in [0.4, 0.5) is 0 Å². The normalized spacial score (nSPS) is 18.6. The fourth-order valence-electron chi connectivity index (χ4n) is 1.61. The summed E-state index contributed by atoms with van der Waals surface area (Å²) in [6.07, 6.45) is -0.465. The Morgan fingerprint density at radius 3 is 3.00 bits per heavy atom. The lowest BCUT2D eigenvalue weighted by Gasteiger charge is -2.22. The van der Waals surface area contributed by atoms with Gasteiger partial charge in [-0.2, -0.15) is 0 Å². The lowest BCUT2D eigenvalue weighted by molar-refractivity contribution is -0.151. The molecule has 0 fully saturated rings. The molecule has 0 unspecified atom stereocenters. The van der Waals surface area contributed by atoms with Gasteiger partial charge in [-0.3, -0.25) is 0 Å². The van der Waals surface area contributed by atoms with E-state index in [-0.39, 0.29) is 0 Å². The highest BCUT2D eigenvalue weighted by atomic mass is 79.9. The predicted molar refractivity (Wildman–Crippen MR) is 59.1 cm³/mol. The van der Waals surface area contributed by atoms with E-state index in [9.17, 15) is 9.59 Å². The Kier molecular flexibility index (Phi) is 2.96. The summed E-state index contributed by atoms with van der Waals surface area (Å²) in [5.41, 5.74) is 1.30. The van der Waals surface area contributed by atoms with Crippen LogP contribution in [0.1, 0.15) is 15.9 Å². The summed E-state index contributed by atoms with van der Waals surface area (Å²) in [4.78, 5) is 22.9. The molecule has 1 aliphatic rings. The summed E-state index contributed by atoms with van der Waals surface area (Å²) in [6, 6.07) is 5.31. The first-order valence-electron chi connectivity index (χ1n) is 4.69. The molecule has 0 spiro atoms. The van der Waals surface area contributed by atoms with Gasteiger partial charge in [-0.1, -0.05) is 22.0 Å². The molecule has 5 heteroatoms. The van der Waals surface area contributed by atoms with Gasteiger partial charge < -0.3 is 9.47 Å². The number of rotatable bonds is 1. The second kappa shape index (κ2) is 4.25. The molecule has 1 aromatic rings. The van der Waals surface area contributed by atoms with Gasteiger partial charge in [-0.25, -0.2) is 9.59 Å². The van der Waals surface area contributed by atoms with Crippen molar-refractivity contribution < 1.29 is 19.1 Å². The average molecular weight is 285 g/mol. The Bertz CT molecular complexity index is 455. The van der Waals surface area contributed by atoms with E-state index >= 15 is 0 Å². The predicted octanol–water partition coefficient (Wildman–Crippen LogP) is 1.70. The van der Waals surface area contributed by atoms with Crippen LogP contribution in [0.3, 0.4) is 0 Å². The number of carbonyl (C=O) groups excluding carboxylic acids is 2. The van der Waals surface area contributed by atoms with Gasteiger partial charge in [0.2, 0.25) is 6.10 Å². The van der Waals surface area contributed by atoms with Gasteiger partial charge >= 0.3 is 11.9 Å². The fourth-order valence-corrected chi connectivity index (χ4v) is 1.97. The van der Waals surface area contributed by atoms with Crippen LogP contribution in [-0.2, 0) is 20.7 Å². The van der Waals surface area contributed by atoms with Gasteiger partial charge in [-0.15, -0.1) is 0 Å². The molecule has 16 heavy (non-hydrogen) atoms. The third kappa shape index (κ3) is 1.95. The van der Waals surface area contributed by atoms with Crippen molar-refractivity contribution in [2.75, 3.05) is 7.11 Å². The smallest absolute Gasteiger partial charge is 0.347 e. The lowest BCUT2D eigenvalue weighted by atomic mass is 9.99. The van der Waals surface area contributed by atoms with Gasteiger partial charge in [0.1, 0.15) is 0 Å². The first-order chi connectivity index (χ1) is 7.61. The number of ether oxygens (including phenoxy) is 2. The van der Waals surface area contributed by atoms with Gasteiger partial charge in [0.25, 0.3) is 0 Å². The van der Waals surface area contributed by atoms with E-state index in [0.717, 1.165) is 10.0 Å². The number of benzene rings is 1. The Hall–Kier alpha value is -1.36. The average Bonchev–Trinajstić information content (AvgIpc) is 2.28. The minimum Gasteiger partial charge on any atom is -0.466 e. The van der Waals surface area contributed by atoms with Crippen LogP contribution in [0, 0.1) is 0 Å². The third-order valence-electron chi connectivity index (χ3n) is 2.41. The second-order valence-corrected chi connectivity index (χ2v) is 4.34. The molecule has 84 valence electrons. The highest BCUT2D eigenvalue weighted by Crippen LogP contribution is 2.24. The summed E-state index contributed by atoms with van der Waals surface area (Å²) >= 11 is 3.28. The van der Waals surface area contributed by atoms with Crippen molar-refractivity contribution in [3.63, 3.8) is 0 Å². The van der Waals surface area contributed by atoms with Crippen LogP contribution in [-0.4, -0.2) is 25.2 Å². The van der Waals surface area contributed by atoms with Crippen molar-refractivity contribution >= 4 is 27.9 Å². The van der Waals surface area contributed by atoms with Crippen LogP contribution < -0.4 is 0 Å². The summed E-state index contributed by atoms with van der Waals surface area (Å²) in [7, 11) is 1.27. The maximum Gasteiger partial charge on any atom is 0.347 e. The number of fused-ring (bicyclic) bond motifs is 1. The van der Waals surface area contributed by atoms with E-state index < -0.39 is 18.0 Å². The van der Waals surface area contributed by atoms with Crippen molar-refractivity contribution in [3.05, 3.63) is 33.8 Å². The molecule has 1 heterocycles. The molecule has 1 aliphatic heterocycles. The van der Waals surface area contributed by atoms with Crippen molar-refractivity contribution in [3.8, 4) is 0 Å². The van der Waals surface area contributed by atoms with E-state index in [1.807, 2.05) is 6.07 Å². The summed E-state index contributed by atoms with van der Waals surface area (Å²) in [5, 5.41) is 0. The maximum atomic E-state index is 11.6. The zero-order valence-corrected chi connectivity index (χ0v) is 10.1. The van der Waals surface area contributed by atoms with Crippen LogP contribution in [0.5, 0.6) is 0 Å². The quantitative estimate of drug-likeness (QED) is 0.737. The summed E-state index contributed by atoms with van der Waals surface area (Å²) < 4.78 is 10.3. The number of hydrogen-bond donors (Lipinski definition) is 0. The SMILES string of the molecule is COC(=O)[C@H]1Cc2ccc(Br)cc2C(=O)O1. The number of carbonyl (C=O) groups is 2. The monoisotopic (exact) mass is 284 g/mol. The van der Waals surface area contributed by atoms with Crippen molar-refractivity contribution in [1.29, 1.82) is 0 Å².